The summed E-state index contributed by atoms with van der Waals surface area (Å²) >= 11 is 0. The van der Waals surface area contributed by atoms with Crippen molar-refractivity contribution in [2.45, 2.75) is 50.1 Å². The highest BCUT2D eigenvalue weighted by atomic mass is 16.6. The molecule has 0 radical (unpaired) electrons. The third-order valence-electron chi connectivity index (χ3n) is 6.94. The van der Waals surface area contributed by atoms with E-state index in [1.165, 1.54) is 0 Å². The molecular formula is C22H28N2O5. The van der Waals surface area contributed by atoms with Crippen LogP contribution in [0.5, 0.6) is 0 Å². The lowest BCUT2D eigenvalue weighted by Crippen LogP contribution is -2.50. The van der Waals surface area contributed by atoms with E-state index in [1.54, 1.807) is 7.11 Å². The summed E-state index contributed by atoms with van der Waals surface area (Å²) in [7, 11) is 1.69. The van der Waals surface area contributed by atoms with E-state index in [2.05, 4.69) is 16.0 Å². The van der Waals surface area contributed by atoms with E-state index in [-0.39, 0.29) is 18.0 Å². The molecule has 156 valence electrons. The number of nitrogens with zero attached hydrogens (tertiary/aromatic N) is 2. The molecule has 2 saturated heterocycles. The smallest absolute Gasteiger partial charge is 0.337 e. The number of anilines is 1. The molecular weight excluding hydrogens is 372 g/mol. The molecule has 1 aromatic heterocycles. The number of pyridine rings is 1. The lowest BCUT2D eigenvalue weighted by atomic mass is 9.71. The first-order valence-corrected chi connectivity index (χ1v) is 10.5. The maximum absolute atomic E-state index is 12.6. The minimum absolute atomic E-state index is 0.201. The van der Waals surface area contributed by atoms with Gasteiger partial charge in [-0.05, 0) is 49.8 Å². The molecule has 7 heteroatoms. The van der Waals surface area contributed by atoms with E-state index in [0.717, 1.165) is 56.9 Å². The molecule has 1 saturated carbocycles. The maximum Gasteiger partial charge on any atom is 0.337 e. The van der Waals surface area contributed by atoms with Gasteiger partial charge in [-0.15, -0.1) is 0 Å². The van der Waals surface area contributed by atoms with Crippen LogP contribution in [0.25, 0.3) is 0 Å². The van der Waals surface area contributed by atoms with Crippen molar-refractivity contribution < 1.29 is 23.7 Å². The van der Waals surface area contributed by atoms with Gasteiger partial charge >= 0.3 is 5.97 Å². The van der Waals surface area contributed by atoms with Gasteiger partial charge in [0.05, 0.1) is 31.0 Å². The predicted molar refractivity (Wildman–Crippen MR) is 106 cm³/mol. The number of carbonyl (C=O) groups is 1. The number of methoxy groups -OCH3 is 1. The lowest BCUT2D eigenvalue weighted by Gasteiger charge is -2.42. The molecule has 2 aliphatic heterocycles. The highest BCUT2D eigenvalue weighted by molar-refractivity contribution is 5.94. The minimum Gasteiger partial charge on any atom is -0.455 e. The van der Waals surface area contributed by atoms with Gasteiger partial charge < -0.3 is 23.8 Å². The summed E-state index contributed by atoms with van der Waals surface area (Å²) in [5.74, 6) is 0.914. The first kappa shape index (κ1) is 19.0. The number of hydrogen-bond donors (Lipinski definition) is 0. The summed E-state index contributed by atoms with van der Waals surface area (Å²) < 4.78 is 23.3. The van der Waals surface area contributed by atoms with Crippen LogP contribution in [0.15, 0.2) is 30.0 Å². The van der Waals surface area contributed by atoms with Crippen molar-refractivity contribution in [2.24, 2.45) is 5.92 Å². The first-order valence-electron chi connectivity index (χ1n) is 10.5. The van der Waals surface area contributed by atoms with E-state index < -0.39 is 11.2 Å². The van der Waals surface area contributed by atoms with Gasteiger partial charge in [-0.1, -0.05) is 6.07 Å². The molecule has 2 aliphatic carbocycles. The summed E-state index contributed by atoms with van der Waals surface area (Å²) in [6, 6.07) is 4.09. The number of carbonyl (C=O) groups excluding carboxylic acids is 1. The molecule has 0 amide bonds. The van der Waals surface area contributed by atoms with Crippen molar-refractivity contribution in [1.29, 1.82) is 0 Å². The van der Waals surface area contributed by atoms with Gasteiger partial charge in [-0.25, -0.2) is 9.78 Å². The molecule has 0 spiro atoms. The van der Waals surface area contributed by atoms with Crippen LogP contribution < -0.4 is 4.90 Å². The molecule has 4 aliphatic rings. The van der Waals surface area contributed by atoms with Crippen LogP contribution in [0.4, 0.5) is 5.82 Å². The fourth-order valence-electron chi connectivity index (χ4n) is 5.33. The molecule has 0 bridgehead atoms. The number of ether oxygens (including phenoxy) is 4. The fraction of sp³-hybridized carbons (Fsp3) is 0.636. The van der Waals surface area contributed by atoms with Gasteiger partial charge in [0.25, 0.3) is 0 Å². The van der Waals surface area contributed by atoms with Crippen molar-refractivity contribution >= 4 is 11.8 Å². The summed E-state index contributed by atoms with van der Waals surface area (Å²) in [6.45, 7) is 5.63. The van der Waals surface area contributed by atoms with Gasteiger partial charge in [0, 0.05) is 26.4 Å². The Morgan fingerprint density at radius 1 is 1.28 bits per heavy atom. The summed E-state index contributed by atoms with van der Waals surface area (Å²) in [5, 5.41) is 0. The Kier molecular flexibility index (Phi) is 4.64. The van der Waals surface area contributed by atoms with Crippen molar-refractivity contribution in [3.05, 3.63) is 35.5 Å². The average molecular weight is 400 g/mol. The van der Waals surface area contributed by atoms with Crippen LogP contribution in [-0.4, -0.2) is 61.7 Å². The predicted octanol–water partition coefficient (Wildman–Crippen LogP) is 2.24. The van der Waals surface area contributed by atoms with Gasteiger partial charge in [0.2, 0.25) is 0 Å². The van der Waals surface area contributed by atoms with Gasteiger partial charge in [-0.3, -0.25) is 0 Å². The molecule has 4 atom stereocenters. The molecule has 5 rings (SSSR count). The third-order valence-corrected chi connectivity index (χ3v) is 6.94. The van der Waals surface area contributed by atoms with Crippen molar-refractivity contribution in [3.8, 4) is 0 Å². The lowest BCUT2D eigenvalue weighted by molar-refractivity contribution is -0.143. The SMILES string of the molecule is CO[C@]1(C)C=C2C(=O)O[C@@H]3CCC(C1)[C@]23OCc1ccc(N2CCOCC2)nc1. The second-order valence-electron chi connectivity index (χ2n) is 8.65. The fourth-order valence-corrected chi connectivity index (χ4v) is 5.33. The Labute approximate surface area is 171 Å². The molecule has 29 heavy (non-hydrogen) atoms. The zero-order valence-electron chi connectivity index (χ0n) is 17.1. The van der Waals surface area contributed by atoms with Crippen molar-refractivity contribution in [1.82, 2.24) is 4.98 Å². The third kappa shape index (κ3) is 3.07. The van der Waals surface area contributed by atoms with Crippen LogP contribution in [-0.2, 0) is 30.3 Å². The van der Waals surface area contributed by atoms with Gasteiger partial charge in [-0.2, -0.15) is 0 Å². The largest absolute Gasteiger partial charge is 0.455 e. The maximum atomic E-state index is 12.6. The zero-order valence-corrected chi connectivity index (χ0v) is 17.1. The Hall–Kier alpha value is -1.96. The highest BCUT2D eigenvalue weighted by Gasteiger charge is 2.65. The zero-order chi connectivity index (χ0) is 20.1. The monoisotopic (exact) mass is 400 g/mol. The number of hydrogen-bond acceptors (Lipinski definition) is 7. The van der Waals surface area contributed by atoms with Crippen LogP contribution in [0.1, 0.15) is 31.7 Å². The quantitative estimate of drug-likeness (QED) is 0.702. The molecule has 7 nitrogen and oxygen atoms in total. The second-order valence-corrected chi connectivity index (χ2v) is 8.65. The topological polar surface area (TPSA) is 70.1 Å². The minimum atomic E-state index is -0.655. The Morgan fingerprint density at radius 2 is 2.10 bits per heavy atom. The number of aromatic nitrogens is 1. The molecule has 0 N–H and O–H groups in total. The summed E-state index contributed by atoms with van der Waals surface area (Å²) in [4.78, 5) is 19.4. The van der Waals surface area contributed by atoms with E-state index >= 15 is 0 Å². The van der Waals surface area contributed by atoms with Crippen LogP contribution >= 0.6 is 0 Å². The molecule has 1 aromatic rings. The van der Waals surface area contributed by atoms with Gasteiger partial charge in [0.15, 0.2) is 0 Å². The number of esters is 1. The van der Waals surface area contributed by atoms with E-state index in [0.29, 0.717) is 12.2 Å². The Balaban J connectivity index is 1.36. The van der Waals surface area contributed by atoms with E-state index in [4.69, 9.17) is 18.9 Å². The van der Waals surface area contributed by atoms with Crippen molar-refractivity contribution in [3.63, 3.8) is 0 Å². The highest BCUT2D eigenvalue weighted by Crippen LogP contribution is 2.56. The standard InChI is InChI=1S/C22H28N2O5/c1-21(26-2)11-16-4-5-18-22(16,17(12-21)20(25)29-18)28-14-15-3-6-19(23-13-15)24-7-9-27-10-8-24/h3,6,12-13,16,18H,4-5,7-11,14H2,1-2H3/t16?,18-,21+,22+/m1/s1. The van der Waals surface area contributed by atoms with E-state index in [9.17, 15) is 4.79 Å². The van der Waals surface area contributed by atoms with E-state index in [1.807, 2.05) is 25.3 Å². The molecule has 0 aromatic carbocycles. The Bertz CT molecular complexity index is 819. The van der Waals surface area contributed by atoms with Gasteiger partial charge in [0.1, 0.15) is 17.5 Å². The summed E-state index contributed by atoms with van der Waals surface area (Å²) in [6.07, 6.45) is 6.23. The van der Waals surface area contributed by atoms with Crippen LogP contribution in [0.2, 0.25) is 0 Å². The van der Waals surface area contributed by atoms with Crippen molar-refractivity contribution in [2.75, 3.05) is 38.3 Å². The van der Waals surface area contributed by atoms with Crippen LogP contribution in [0, 0.1) is 5.92 Å². The normalized spacial score (nSPS) is 36.0. The molecule has 3 fully saturated rings. The number of morpholine rings is 1. The molecule has 1 unspecified atom stereocenters. The molecule has 3 heterocycles. The average Bonchev–Trinajstić information content (AvgIpc) is 3.23. The number of rotatable bonds is 5. The summed E-state index contributed by atoms with van der Waals surface area (Å²) in [5.41, 5.74) is 0.526. The Morgan fingerprint density at radius 3 is 2.83 bits per heavy atom. The van der Waals surface area contributed by atoms with Crippen LogP contribution in [0.3, 0.4) is 0 Å². The first-order chi connectivity index (χ1) is 14.0. The second kappa shape index (κ2) is 7.07.